The topological polar surface area (TPSA) is 69.6 Å². The molecule has 82 valence electrons. The molecule has 7 heteroatoms. The fourth-order valence-electron chi connectivity index (χ4n) is 1.01. The molecule has 0 aromatic carbocycles. The number of pyridine rings is 1. The van der Waals surface area contributed by atoms with Crippen LogP contribution in [0.15, 0.2) is 30.7 Å². The van der Waals surface area contributed by atoms with E-state index in [1.807, 2.05) is 12.1 Å². The minimum atomic E-state index is 0. The van der Waals surface area contributed by atoms with Crippen LogP contribution >= 0.6 is 24.8 Å². The highest BCUT2D eigenvalue weighted by Gasteiger charge is 1.99. The van der Waals surface area contributed by atoms with Gasteiger partial charge in [0.25, 0.3) is 0 Å². The Morgan fingerprint density at radius 2 is 2.13 bits per heavy atom. The molecule has 0 aliphatic heterocycles. The van der Waals surface area contributed by atoms with Crippen LogP contribution in [0.1, 0.15) is 5.69 Å². The van der Waals surface area contributed by atoms with Crippen molar-refractivity contribution in [3.8, 4) is 5.69 Å². The van der Waals surface area contributed by atoms with Crippen LogP contribution in [0.25, 0.3) is 5.69 Å². The van der Waals surface area contributed by atoms with Gasteiger partial charge in [-0.05, 0) is 12.1 Å². The molecule has 0 amide bonds. The molecule has 0 saturated heterocycles. The Hall–Kier alpha value is -1.17. The SMILES string of the molecule is Cl.Cl.NCc1cn(-c2cccnc2)nn1. The summed E-state index contributed by atoms with van der Waals surface area (Å²) in [6.45, 7) is 0.403. The summed E-state index contributed by atoms with van der Waals surface area (Å²) < 4.78 is 1.65. The van der Waals surface area contributed by atoms with Crippen LogP contribution in [0, 0.1) is 0 Å². The zero-order valence-corrected chi connectivity index (χ0v) is 9.41. The Morgan fingerprint density at radius 3 is 2.67 bits per heavy atom. The third kappa shape index (κ3) is 3.16. The summed E-state index contributed by atoms with van der Waals surface area (Å²) in [7, 11) is 0. The second-order valence-corrected chi connectivity index (χ2v) is 2.57. The normalized spacial score (nSPS) is 8.87. The van der Waals surface area contributed by atoms with E-state index < -0.39 is 0 Å². The zero-order chi connectivity index (χ0) is 9.10. The van der Waals surface area contributed by atoms with Gasteiger partial charge in [0.05, 0.1) is 23.8 Å². The van der Waals surface area contributed by atoms with E-state index in [0.29, 0.717) is 6.54 Å². The first-order valence-corrected chi connectivity index (χ1v) is 3.92. The van der Waals surface area contributed by atoms with E-state index in [2.05, 4.69) is 15.3 Å². The Labute approximate surface area is 99.5 Å². The van der Waals surface area contributed by atoms with Crippen LogP contribution in [0.3, 0.4) is 0 Å². The summed E-state index contributed by atoms with van der Waals surface area (Å²) in [6.07, 6.45) is 5.22. The third-order valence-electron chi connectivity index (χ3n) is 1.66. The van der Waals surface area contributed by atoms with Crippen molar-refractivity contribution in [3.63, 3.8) is 0 Å². The van der Waals surface area contributed by atoms with Crippen molar-refractivity contribution in [1.29, 1.82) is 0 Å². The van der Waals surface area contributed by atoms with Gasteiger partial charge in [0.15, 0.2) is 0 Å². The van der Waals surface area contributed by atoms with Crippen molar-refractivity contribution < 1.29 is 0 Å². The summed E-state index contributed by atoms with van der Waals surface area (Å²) in [6, 6.07) is 3.75. The molecule has 0 radical (unpaired) electrons. The maximum atomic E-state index is 5.41. The van der Waals surface area contributed by atoms with Crippen molar-refractivity contribution in [2.75, 3.05) is 0 Å². The number of nitrogens with two attached hydrogens (primary N) is 1. The van der Waals surface area contributed by atoms with E-state index in [-0.39, 0.29) is 24.8 Å². The fraction of sp³-hybridized carbons (Fsp3) is 0.125. The number of hydrogen-bond donors (Lipinski definition) is 1. The van der Waals surface area contributed by atoms with Gasteiger partial charge < -0.3 is 5.73 Å². The van der Waals surface area contributed by atoms with Crippen LogP contribution in [0.2, 0.25) is 0 Å². The predicted octanol–water partition coefficient (Wildman–Crippen LogP) is 0.965. The van der Waals surface area contributed by atoms with E-state index in [4.69, 9.17) is 5.73 Å². The fourth-order valence-corrected chi connectivity index (χ4v) is 1.01. The molecule has 0 unspecified atom stereocenters. The molecule has 0 aliphatic rings. The smallest absolute Gasteiger partial charge is 0.0967 e. The standard InChI is InChI=1S/C8H9N5.2ClH/c9-4-7-6-13(12-11-7)8-2-1-3-10-5-8;;/h1-3,5-6H,4,9H2;2*1H. The van der Waals surface area contributed by atoms with Gasteiger partial charge in [0, 0.05) is 12.7 Å². The molecule has 0 bridgehead atoms. The molecule has 2 heterocycles. The maximum Gasteiger partial charge on any atom is 0.0967 e. The molecule has 2 rings (SSSR count). The van der Waals surface area contributed by atoms with E-state index in [1.165, 1.54) is 0 Å². The minimum Gasteiger partial charge on any atom is -0.325 e. The Balaban J connectivity index is 0.000000980. The highest BCUT2D eigenvalue weighted by atomic mass is 35.5. The van der Waals surface area contributed by atoms with Crippen molar-refractivity contribution in [2.24, 2.45) is 5.73 Å². The van der Waals surface area contributed by atoms with Crippen LogP contribution in [-0.4, -0.2) is 20.0 Å². The summed E-state index contributed by atoms with van der Waals surface area (Å²) in [4.78, 5) is 3.98. The lowest BCUT2D eigenvalue weighted by Crippen LogP contribution is -1.96. The molecule has 0 fully saturated rings. The van der Waals surface area contributed by atoms with Gasteiger partial charge in [-0.25, -0.2) is 4.68 Å². The lowest BCUT2D eigenvalue weighted by Gasteiger charge is -1.95. The molecule has 0 spiro atoms. The average Bonchev–Trinajstić information content (AvgIpc) is 2.67. The Morgan fingerprint density at radius 1 is 1.33 bits per heavy atom. The van der Waals surface area contributed by atoms with Gasteiger partial charge in [-0.1, -0.05) is 5.21 Å². The molecule has 15 heavy (non-hydrogen) atoms. The van der Waals surface area contributed by atoms with Gasteiger partial charge in [-0.15, -0.1) is 29.9 Å². The number of halogens is 2. The number of hydrogen-bond acceptors (Lipinski definition) is 4. The van der Waals surface area contributed by atoms with Crippen LogP contribution in [0.4, 0.5) is 0 Å². The highest BCUT2D eigenvalue weighted by Crippen LogP contribution is 2.02. The summed E-state index contributed by atoms with van der Waals surface area (Å²) in [5.74, 6) is 0. The van der Waals surface area contributed by atoms with Gasteiger partial charge >= 0.3 is 0 Å². The van der Waals surface area contributed by atoms with Crippen molar-refractivity contribution in [3.05, 3.63) is 36.4 Å². The van der Waals surface area contributed by atoms with E-state index >= 15 is 0 Å². The van der Waals surface area contributed by atoms with E-state index in [0.717, 1.165) is 11.4 Å². The van der Waals surface area contributed by atoms with Crippen molar-refractivity contribution >= 4 is 24.8 Å². The monoisotopic (exact) mass is 247 g/mol. The largest absolute Gasteiger partial charge is 0.325 e. The first-order chi connectivity index (χ1) is 6.40. The second-order valence-electron chi connectivity index (χ2n) is 2.57. The highest BCUT2D eigenvalue weighted by molar-refractivity contribution is 5.85. The number of rotatable bonds is 2. The molecule has 5 nitrogen and oxygen atoms in total. The van der Waals surface area contributed by atoms with Gasteiger partial charge in [0.1, 0.15) is 0 Å². The third-order valence-corrected chi connectivity index (χ3v) is 1.66. The zero-order valence-electron chi connectivity index (χ0n) is 7.78. The second kappa shape index (κ2) is 6.34. The van der Waals surface area contributed by atoms with Crippen molar-refractivity contribution in [2.45, 2.75) is 6.54 Å². The molecule has 0 saturated carbocycles. The molecular weight excluding hydrogens is 237 g/mol. The Kier molecular flexibility index (Phi) is 5.84. The molecule has 0 atom stereocenters. The molecular formula is C8H11Cl2N5. The molecule has 2 aromatic rings. The maximum absolute atomic E-state index is 5.41. The summed E-state index contributed by atoms with van der Waals surface area (Å²) in [5.41, 5.74) is 7.06. The lowest BCUT2D eigenvalue weighted by atomic mass is 10.4. The lowest BCUT2D eigenvalue weighted by molar-refractivity contribution is 0.793. The van der Waals surface area contributed by atoms with Crippen LogP contribution in [-0.2, 0) is 6.54 Å². The van der Waals surface area contributed by atoms with Gasteiger partial charge in [0.2, 0.25) is 0 Å². The molecule has 2 N–H and O–H groups in total. The number of nitrogens with zero attached hydrogens (tertiary/aromatic N) is 4. The predicted molar refractivity (Wildman–Crippen MR) is 61.5 cm³/mol. The summed E-state index contributed by atoms with van der Waals surface area (Å²) >= 11 is 0. The first-order valence-electron chi connectivity index (χ1n) is 3.92. The van der Waals surface area contributed by atoms with Crippen LogP contribution < -0.4 is 5.73 Å². The van der Waals surface area contributed by atoms with Crippen LogP contribution in [0.5, 0.6) is 0 Å². The van der Waals surface area contributed by atoms with E-state index in [1.54, 1.807) is 23.3 Å². The molecule has 0 aliphatic carbocycles. The average molecular weight is 248 g/mol. The van der Waals surface area contributed by atoms with E-state index in [9.17, 15) is 0 Å². The van der Waals surface area contributed by atoms with Gasteiger partial charge in [-0.3, -0.25) is 4.98 Å². The van der Waals surface area contributed by atoms with Crippen molar-refractivity contribution in [1.82, 2.24) is 20.0 Å². The quantitative estimate of drug-likeness (QED) is 0.859. The first kappa shape index (κ1) is 13.8. The Bertz CT molecular complexity index is 389. The van der Waals surface area contributed by atoms with Gasteiger partial charge in [-0.2, -0.15) is 0 Å². The molecule has 2 aromatic heterocycles. The number of aromatic nitrogens is 4. The summed E-state index contributed by atoms with van der Waals surface area (Å²) in [5, 5.41) is 7.78. The minimum absolute atomic E-state index is 0.